The SMILES string of the molecule is CC(C)CC(CC(C)C)NC(=O)[C@H](Cc1cnc[nH]1)NC(=O)CNC(=O)[C@@H](NC(=O)CNC(=O)[C@H](Cc1c[nH]c2ccccc12)NC(=O)[C@H](CCC(N)=O)NC(=O)[C@@H](Cc1ccccc1)NC(=O)COCC(=O)Nc1ccc(CNC(=O)CN2CCN(CC(=O)O)CCN(CC(=O)O)CCN(CC(=O)O)CC2)cc1)C(C)C. The van der Waals surface area contributed by atoms with E-state index in [9.17, 15) is 82.4 Å². The standard InChI is InChI=1S/C76H108N18O18/c1-47(2)30-54(31-48(3)4)85-74(109)61(34-55-37-78-46-83-55)86-63(96)38-82-76(111)71(49(5)6)90-64(97)39-81-72(107)60(33-52-36-79-57-15-11-10-14-56(52)57)89-73(108)58(20-21-62(77)95)88-75(110)59(32-50-12-8-7-9-13-50)87-67(100)45-112-44-66(99)84-53-18-16-51(17-19-53)35-80-65(98)40-91-22-24-92(41-68(101)102)26-28-94(43-70(105)106)29-27-93(25-23-91)42-69(103)104/h7-19,36-37,46-49,54,58-61,71,79H,20-35,38-45H2,1-6H3,(H2,77,95)(H,78,83)(H,80,98)(H,81,107)(H,82,111)(H,84,99)(H,85,109)(H,86,96)(H,87,100)(H,88,110)(H,89,108)(H,90,97)(H,101,102)(H,103,104)(H,105,106)/t58-,59+,60-,61-,71-/m0/s1. The maximum absolute atomic E-state index is 14.6. The van der Waals surface area contributed by atoms with Crippen LogP contribution in [0, 0.1) is 17.8 Å². The highest BCUT2D eigenvalue weighted by atomic mass is 16.5. The number of carbonyl (C=O) groups excluding carboxylic acids is 11. The molecule has 610 valence electrons. The number of nitrogens with one attached hydrogen (secondary N) is 12. The third kappa shape index (κ3) is 33.6. The number of hydrogen-bond donors (Lipinski definition) is 16. The van der Waals surface area contributed by atoms with Gasteiger partial charge in [-0.25, -0.2) is 4.98 Å². The molecule has 0 aliphatic carbocycles. The van der Waals surface area contributed by atoms with Crippen LogP contribution in [-0.2, 0) is 97.7 Å². The van der Waals surface area contributed by atoms with Crippen LogP contribution in [0.2, 0.25) is 0 Å². The molecule has 5 atom stereocenters. The van der Waals surface area contributed by atoms with Crippen LogP contribution in [0.25, 0.3) is 10.9 Å². The van der Waals surface area contributed by atoms with Crippen LogP contribution in [0.5, 0.6) is 0 Å². The number of hydrogen-bond acceptors (Lipinski definition) is 20. The minimum atomic E-state index is -1.57. The molecule has 17 N–H and O–H groups in total. The van der Waals surface area contributed by atoms with Crippen LogP contribution < -0.4 is 58.9 Å². The molecule has 0 spiro atoms. The summed E-state index contributed by atoms with van der Waals surface area (Å²) in [5.74, 6) is -11.3. The zero-order chi connectivity index (χ0) is 81.8. The predicted octanol–water partition coefficient (Wildman–Crippen LogP) is -1.18. The topological polar surface area (TPSA) is 513 Å². The second-order valence-corrected chi connectivity index (χ2v) is 28.9. The molecule has 0 saturated carbocycles. The Morgan fingerprint density at radius 2 is 0.991 bits per heavy atom. The summed E-state index contributed by atoms with van der Waals surface area (Å²) >= 11 is 0. The highest BCUT2D eigenvalue weighted by Gasteiger charge is 2.34. The first-order valence-electron chi connectivity index (χ1n) is 37.3. The van der Waals surface area contributed by atoms with Crippen LogP contribution >= 0.6 is 0 Å². The van der Waals surface area contributed by atoms with Crippen LogP contribution in [0.3, 0.4) is 0 Å². The van der Waals surface area contributed by atoms with E-state index < -0.39 is 146 Å². The van der Waals surface area contributed by atoms with Crippen molar-refractivity contribution in [1.82, 2.24) is 82.4 Å². The number of benzene rings is 3. The Labute approximate surface area is 649 Å². The van der Waals surface area contributed by atoms with Gasteiger partial charge in [0, 0.05) is 125 Å². The van der Waals surface area contributed by atoms with E-state index in [-0.39, 0.29) is 135 Å². The van der Waals surface area contributed by atoms with Crippen molar-refractivity contribution in [3.05, 3.63) is 120 Å². The number of primary amides is 1. The highest BCUT2D eigenvalue weighted by Crippen LogP contribution is 2.21. The fourth-order valence-electron chi connectivity index (χ4n) is 12.6. The van der Waals surface area contributed by atoms with E-state index in [0.717, 1.165) is 12.8 Å². The zero-order valence-electron chi connectivity index (χ0n) is 64.2. The summed E-state index contributed by atoms with van der Waals surface area (Å²) in [6, 6.07) is 15.3. The Hall–Kier alpha value is -11.2. The smallest absolute Gasteiger partial charge is 0.317 e. The van der Waals surface area contributed by atoms with Crippen molar-refractivity contribution < 1.29 is 87.2 Å². The number of aliphatic carboxylic acids is 3. The molecule has 1 aliphatic rings. The summed E-state index contributed by atoms with van der Waals surface area (Å²) in [6.07, 6.45) is 5.03. The third-order valence-electron chi connectivity index (χ3n) is 18.1. The van der Waals surface area contributed by atoms with Gasteiger partial charge in [0.25, 0.3) is 0 Å². The molecule has 36 nitrogen and oxygen atoms in total. The fraction of sp³-hybridized carbons (Fsp3) is 0.513. The number of aromatic nitrogens is 3. The van der Waals surface area contributed by atoms with Gasteiger partial charge in [-0.15, -0.1) is 0 Å². The molecule has 112 heavy (non-hydrogen) atoms. The second-order valence-electron chi connectivity index (χ2n) is 28.9. The van der Waals surface area contributed by atoms with E-state index in [1.54, 1.807) is 119 Å². The van der Waals surface area contributed by atoms with Crippen molar-refractivity contribution >= 4 is 99.5 Å². The molecule has 2 aromatic heterocycles. The Morgan fingerprint density at radius 3 is 1.54 bits per heavy atom. The number of fused-ring (bicyclic) bond motifs is 1. The van der Waals surface area contributed by atoms with Gasteiger partial charge in [-0.2, -0.15) is 0 Å². The summed E-state index contributed by atoms with van der Waals surface area (Å²) in [6.45, 7) is 9.76. The first kappa shape index (κ1) is 89.7. The lowest BCUT2D eigenvalue weighted by Gasteiger charge is -2.32. The quantitative estimate of drug-likeness (QED) is 0.0218. The van der Waals surface area contributed by atoms with Crippen LogP contribution in [-0.4, -0.2) is 274 Å². The summed E-state index contributed by atoms with van der Waals surface area (Å²) in [7, 11) is 0. The van der Waals surface area contributed by atoms with Crippen molar-refractivity contribution in [2.75, 3.05) is 110 Å². The first-order chi connectivity index (χ1) is 53.3. The summed E-state index contributed by atoms with van der Waals surface area (Å²) in [5, 5.41) is 56.2. The van der Waals surface area contributed by atoms with E-state index in [1.165, 1.54) is 12.5 Å². The monoisotopic (exact) mass is 1560 g/mol. The van der Waals surface area contributed by atoms with E-state index >= 15 is 0 Å². The predicted molar refractivity (Wildman–Crippen MR) is 411 cm³/mol. The fourth-order valence-corrected chi connectivity index (χ4v) is 12.6. The molecule has 36 heteroatoms. The van der Waals surface area contributed by atoms with Gasteiger partial charge in [0.15, 0.2) is 0 Å². The Balaban J connectivity index is 1.04. The molecule has 3 aromatic carbocycles. The number of carbonyl (C=O) groups is 14. The van der Waals surface area contributed by atoms with Gasteiger partial charge in [-0.1, -0.05) is 102 Å². The highest BCUT2D eigenvalue weighted by molar-refractivity contribution is 5.98. The number of carboxylic acid groups (broad SMARTS) is 3. The molecule has 3 heterocycles. The van der Waals surface area contributed by atoms with Gasteiger partial charge in [-0.05, 0) is 71.9 Å². The van der Waals surface area contributed by atoms with Gasteiger partial charge in [-0.3, -0.25) is 86.7 Å². The molecule has 6 rings (SSSR count). The zero-order valence-corrected chi connectivity index (χ0v) is 64.2. The van der Waals surface area contributed by atoms with Crippen LogP contribution in [0.15, 0.2) is 97.6 Å². The molecule has 5 aromatic rings. The molecule has 0 radical (unpaired) electrons. The van der Waals surface area contributed by atoms with Crippen molar-refractivity contribution in [3.8, 4) is 0 Å². The van der Waals surface area contributed by atoms with Gasteiger partial charge in [0.2, 0.25) is 65.0 Å². The lowest BCUT2D eigenvalue weighted by Crippen LogP contribution is -2.58. The number of ether oxygens (including phenoxy) is 1. The summed E-state index contributed by atoms with van der Waals surface area (Å²) in [4.78, 5) is 202. The number of rotatable bonds is 44. The average molecular weight is 1560 g/mol. The number of nitrogens with zero attached hydrogens (tertiary/aromatic N) is 5. The number of carboxylic acids is 3. The minimum Gasteiger partial charge on any atom is -0.480 e. The summed E-state index contributed by atoms with van der Waals surface area (Å²) < 4.78 is 5.47. The Bertz CT molecular complexity index is 3910. The van der Waals surface area contributed by atoms with E-state index in [4.69, 9.17) is 10.5 Å². The number of anilines is 1. The van der Waals surface area contributed by atoms with Crippen molar-refractivity contribution in [2.24, 2.45) is 23.5 Å². The molecule has 1 saturated heterocycles. The van der Waals surface area contributed by atoms with E-state index in [1.807, 2.05) is 0 Å². The Kier molecular flexibility index (Phi) is 37.2. The maximum Gasteiger partial charge on any atom is 0.317 e. The number of nitrogens with two attached hydrogens (primary N) is 1. The van der Waals surface area contributed by atoms with E-state index in [2.05, 4.69) is 95.8 Å². The molecule has 11 amide bonds. The lowest BCUT2D eigenvalue weighted by atomic mass is 9.95. The average Bonchev–Trinajstić information content (AvgIpc) is 1.67. The number of aromatic amines is 2. The molecule has 1 aliphatic heterocycles. The van der Waals surface area contributed by atoms with Gasteiger partial charge >= 0.3 is 17.9 Å². The summed E-state index contributed by atoms with van der Waals surface area (Å²) in [5.41, 5.74) is 8.97. The van der Waals surface area contributed by atoms with Crippen molar-refractivity contribution in [3.63, 3.8) is 0 Å². The van der Waals surface area contributed by atoms with Gasteiger partial charge in [0.05, 0.1) is 45.6 Å². The number of H-pyrrole nitrogens is 2. The molecule has 1 fully saturated rings. The van der Waals surface area contributed by atoms with Crippen molar-refractivity contribution in [1.29, 1.82) is 0 Å². The molecular formula is C76H108N18O18. The lowest BCUT2D eigenvalue weighted by molar-refractivity contribution is -0.140. The Morgan fingerprint density at radius 1 is 0.491 bits per heavy atom. The number of para-hydroxylation sites is 1. The number of imidazole rings is 1. The molecular weight excluding hydrogens is 1450 g/mol. The van der Waals surface area contributed by atoms with Crippen LogP contribution in [0.1, 0.15) is 89.6 Å². The van der Waals surface area contributed by atoms with Crippen LogP contribution in [0.4, 0.5) is 5.69 Å². The van der Waals surface area contributed by atoms with Crippen molar-refractivity contribution in [2.45, 2.75) is 129 Å². The van der Waals surface area contributed by atoms with Gasteiger partial charge in [0.1, 0.15) is 43.4 Å². The molecule has 0 unspecified atom stereocenters. The molecule has 0 bridgehead atoms. The van der Waals surface area contributed by atoms with E-state index in [0.29, 0.717) is 39.0 Å². The number of amides is 11. The minimum absolute atomic E-state index is 0.0769. The normalized spacial score (nSPS) is 14.8. The first-order valence-corrected chi connectivity index (χ1v) is 37.3. The van der Waals surface area contributed by atoms with Gasteiger partial charge < -0.3 is 88.9 Å². The second kappa shape index (κ2) is 46.5. The maximum atomic E-state index is 14.6. The largest absolute Gasteiger partial charge is 0.480 e. The third-order valence-corrected chi connectivity index (χ3v) is 18.1.